The SMILES string of the molecule is CN=C(NCc1cc(OC)ccc1O)NC1CCN(CC2CCCCC2)CC1. The zero-order valence-electron chi connectivity index (χ0n) is 17.4. The number of aliphatic imine (C=N–C) groups is 1. The highest BCUT2D eigenvalue weighted by atomic mass is 16.5. The molecule has 0 spiro atoms. The van der Waals surface area contributed by atoms with E-state index in [2.05, 4.69) is 20.5 Å². The lowest BCUT2D eigenvalue weighted by Crippen LogP contribution is -2.49. The van der Waals surface area contributed by atoms with Gasteiger partial charge in [0.05, 0.1) is 7.11 Å². The van der Waals surface area contributed by atoms with Crippen LogP contribution in [-0.4, -0.2) is 55.8 Å². The minimum Gasteiger partial charge on any atom is -0.508 e. The van der Waals surface area contributed by atoms with Crippen LogP contribution in [0.4, 0.5) is 0 Å². The van der Waals surface area contributed by atoms with Crippen LogP contribution in [0.25, 0.3) is 0 Å². The summed E-state index contributed by atoms with van der Waals surface area (Å²) >= 11 is 0. The smallest absolute Gasteiger partial charge is 0.191 e. The summed E-state index contributed by atoms with van der Waals surface area (Å²) in [5.41, 5.74) is 0.796. The van der Waals surface area contributed by atoms with E-state index in [1.807, 2.05) is 6.07 Å². The van der Waals surface area contributed by atoms with E-state index in [-0.39, 0.29) is 5.75 Å². The summed E-state index contributed by atoms with van der Waals surface area (Å²) in [6, 6.07) is 5.72. The highest BCUT2D eigenvalue weighted by molar-refractivity contribution is 5.80. The fourth-order valence-corrected chi connectivity index (χ4v) is 4.39. The molecule has 2 fully saturated rings. The van der Waals surface area contributed by atoms with E-state index < -0.39 is 0 Å². The Morgan fingerprint density at radius 3 is 2.61 bits per heavy atom. The van der Waals surface area contributed by atoms with E-state index >= 15 is 0 Å². The van der Waals surface area contributed by atoms with E-state index in [1.54, 1.807) is 26.3 Å². The van der Waals surface area contributed by atoms with Crippen molar-refractivity contribution in [1.29, 1.82) is 0 Å². The van der Waals surface area contributed by atoms with E-state index in [4.69, 9.17) is 4.74 Å². The van der Waals surface area contributed by atoms with Crippen molar-refractivity contribution < 1.29 is 9.84 Å². The van der Waals surface area contributed by atoms with Crippen molar-refractivity contribution in [3.8, 4) is 11.5 Å². The van der Waals surface area contributed by atoms with Crippen molar-refractivity contribution in [2.45, 2.75) is 57.5 Å². The van der Waals surface area contributed by atoms with Crippen molar-refractivity contribution in [1.82, 2.24) is 15.5 Å². The fraction of sp³-hybridized carbons (Fsp3) is 0.682. The molecule has 156 valence electrons. The Morgan fingerprint density at radius 1 is 1.18 bits per heavy atom. The first-order chi connectivity index (χ1) is 13.7. The number of hydrogen-bond acceptors (Lipinski definition) is 4. The summed E-state index contributed by atoms with van der Waals surface area (Å²) < 4.78 is 5.24. The molecule has 0 bridgehead atoms. The first-order valence-electron chi connectivity index (χ1n) is 10.7. The second-order valence-electron chi connectivity index (χ2n) is 8.14. The lowest BCUT2D eigenvalue weighted by Gasteiger charge is -2.36. The Bertz CT molecular complexity index is 635. The topological polar surface area (TPSA) is 69.1 Å². The molecular formula is C22H36N4O2. The molecule has 0 unspecified atom stereocenters. The highest BCUT2D eigenvalue weighted by Crippen LogP contribution is 2.25. The standard InChI is InChI=1S/C22H36N4O2/c1-23-22(24-15-18-14-20(28-2)8-9-21(18)27)25-19-10-12-26(13-11-19)16-17-6-4-3-5-7-17/h8-9,14,17,19,27H,3-7,10-13,15-16H2,1-2H3,(H2,23,24,25). The summed E-state index contributed by atoms with van der Waals surface area (Å²) in [4.78, 5) is 7.00. The predicted molar refractivity (Wildman–Crippen MR) is 114 cm³/mol. The number of piperidine rings is 1. The van der Waals surface area contributed by atoms with Gasteiger partial charge in [-0.3, -0.25) is 4.99 Å². The molecule has 6 nitrogen and oxygen atoms in total. The summed E-state index contributed by atoms with van der Waals surface area (Å²) in [7, 11) is 3.42. The number of methoxy groups -OCH3 is 1. The van der Waals surface area contributed by atoms with Gasteiger partial charge >= 0.3 is 0 Å². The first kappa shape index (κ1) is 20.8. The van der Waals surface area contributed by atoms with Crippen LogP contribution in [-0.2, 0) is 6.54 Å². The van der Waals surface area contributed by atoms with Crippen LogP contribution in [0, 0.1) is 5.92 Å². The summed E-state index contributed by atoms with van der Waals surface area (Å²) in [6.07, 6.45) is 9.43. The third-order valence-corrected chi connectivity index (χ3v) is 6.13. The maximum Gasteiger partial charge on any atom is 0.191 e. The Kier molecular flexibility index (Phi) is 7.83. The number of nitrogens with one attached hydrogen (secondary N) is 2. The molecule has 3 rings (SSSR count). The predicted octanol–water partition coefficient (Wildman–Crippen LogP) is 3.11. The average Bonchev–Trinajstić information content (AvgIpc) is 2.74. The second kappa shape index (κ2) is 10.6. The van der Waals surface area contributed by atoms with E-state index in [0.29, 0.717) is 12.6 Å². The Labute approximate surface area is 169 Å². The third kappa shape index (κ3) is 6.03. The van der Waals surface area contributed by atoms with Gasteiger partial charge in [0, 0.05) is 44.8 Å². The van der Waals surface area contributed by atoms with Gasteiger partial charge in [-0.1, -0.05) is 19.3 Å². The van der Waals surface area contributed by atoms with Crippen molar-refractivity contribution in [3.63, 3.8) is 0 Å². The Balaban J connectivity index is 1.42. The molecule has 3 N–H and O–H groups in total. The fourth-order valence-electron chi connectivity index (χ4n) is 4.39. The lowest BCUT2D eigenvalue weighted by atomic mass is 9.88. The molecule has 6 heteroatoms. The first-order valence-corrected chi connectivity index (χ1v) is 10.7. The molecule has 1 aromatic rings. The molecule has 1 heterocycles. The summed E-state index contributed by atoms with van der Waals surface area (Å²) in [6.45, 7) is 4.13. The minimum absolute atomic E-state index is 0.264. The van der Waals surface area contributed by atoms with Gasteiger partial charge in [0.15, 0.2) is 5.96 Å². The van der Waals surface area contributed by atoms with Crippen LogP contribution in [0.2, 0.25) is 0 Å². The molecule has 0 radical (unpaired) electrons. The van der Waals surface area contributed by atoms with Crippen LogP contribution in [0.3, 0.4) is 0 Å². The number of rotatable bonds is 6. The molecule has 1 saturated carbocycles. The number of nitrogens with zero attached hydrogens (tertiary/aromatic N) is 2. The largest absolute Gasteiger partial charge is 0.508 e. The molecule has 1 aliphatic heterocycles. The van der Waals surface area contributed by atoms with E-state index in [0.717, 1.165) is 36.0 Å². The number of benzene rings is 1. The van der Waals surface area contributed by atoms with Gasteiger partial charge in [0.2, 0.25) is 0 Å². The van der Waals surface area contributed by atoms with Crippen molar-refractivity contribution in [2.75, 3.05) is 33.8 Å². The number of hydrogen-bond donors (Lipinski definition) is 3. The normalized spacial score (nSPS) is 20.1. The second-order valence-corrected chi connectivity index (χ2v) is 8.14. The van der Waals surface area contributed by atoms with E-state index in [1.165, 1.54) is 51.7 Å². The van der Waals surface area contributed by atoms with Gasteiger partial charge in [-0.15, -0.1) is 0 Å². The molecule has 0 aromatic heterocycles. The average molecular weight is 389 g/mol. The van der Waals surface area contributed by atoms with Crippen molar-refractivity contribution in [2.24, 2.45) is 10.9 Å². The molecule has 1 saturated heterocycles. The van der Waals surface area contributed by atoms with Gasteiger partial charge < -0.3 is 25.4 Å². The van der Waals surface area contributed by atoms with Crippen molar-refractivity contribution in [3.05, 3.63) is 23.8 Å². The van der Waals surface area contributed by atoms with Crippen LogP contribution < -0.4 is 15.4 Å². The Hall–Kier alpha value is -1.95. The van der Waals surface area contributed by atoms with Gasteiger partial charge in [0.25, 0.3) is 0 Å². The molecule has 1 aromatic carbocycles. The zero-order chi connectivity index (χ0) is 19.8. The number of ether oxygens (including phenoxy) is 1. The maximum absolute atomic E-state index is 10.0. The molecule has 28 heavy (non-hydrogen) atoms. The van der Waals surface area contributed by atoms with E-state index in [9.17, 15) is 5.11 Å². The van der Waals surface area contributed by atoms with Crippen LogP contribution >= 0.6 is 0 Å². The number of guanidine groups is 1. The lowest BCUT2D eigenvalue weighted by molar-refractivity contribution is 0.160. The monoisotopic (exact) mass is 388 g/mol. The molecule has 0 amide bonds. The quantitative estimate of drug-likeness (QED) is 0.516. The molecule has 0 atom stereocenters. The van der Waals surface area contributed by atoms with Gasteiger partial charge in [-0.2, -0.15) is 0 Å². The van der Waals surface area contributed by atoms with Crippen LogP contribution in [0.1, 0.15) is 50.5 Å². The van der Waals surface area contributed by atoms with Gasteiger partial charge in [-0.05, 0) is 49.8 Å². The molecular weight excluding hydrogens is 352 g/mol. The van der Waals surface area contributed by atoms with Crippen LogP contribution in [0.5, 0.6) is 11.5 Å². The summed E-state index contributed by atoms with van der Waals surface area (Å²) in [5.74, 6) is 2.71. The minimum atomic E-state index is 0.264. The van der Waals surface area contributed by atoms with Crippen molar-refractivity contribution >= 4 is 5.96 Å². The number of phenolic OH excluding ortho intramolecular Hbond substituents is 1. The highest BCUT2D eigenvalue weighted by Gasteiger charge is 2.23. The number of likely N-dealkylation sites (tertiary alicyclic amines) is 1. The van der Waals surface area contributed by atoms with Crippen LogP contribution in [0.15, 0.2) is 23.2 Å². The molecule has 1 aliphatic carbocycles. The third-order valence-electron chi connectivity index (χ3n) is 6.13. The van der Waals surface area contributed by atoms with Gasteiger partial charge in [0.1, 0.15) is 11.5 Å². The number of phenols is 1. The number of aromatic hydroxyl groups is 1. The van der Waals surface area contributed by atoms with Gasteiger partial charge in [-0.25, -0.2) is 0 Å². The Morgan fingerprint density at radius 2 is 1.93 bits per heavy atom. The molecule has 2 aliphatic rings. The maximum atomic E-state index is 10.0. The zero-order valence-corrected chi connectivity index (χ0v) is 17.4. The summed E-state index contributed by atoms with van der Waals surface area (Å²) in [5, 5.41) is 16.9.